The lowest BCUT2D eigenvalue weighted by molar-refractivity contribution is 0.0204. The van der Waals surface area contributed by atoms with Crippen molar-refractivity contribution in [2.45, 2.75) is 38.8 Å². The molecule has 0 spiro atoms. The van der Waals surface area contributed by atoms with Crippen molar-refractivity contribution in [1.82, 2.24) is 20.3 Å². The molecule has 2 atom stereocenters. The van der Waals surface area contributed by atoms with E-state index in [1.165, 1.54) is 6.20 Å². The number of hydrogen-bond acceptors (Lipinski definition) is 7. The van der Waals surface area contributed by atoms with Crippen molar-refractivity contribution < 1.29 is 19.4 Å². The number of nitrogens with zero attached hydrogens (tertiary/aromatic N) is 3. The molecule has 1 aliphatic heterocycles. The first-order valence-corrected chi connectivity index (χ1v) is 10.2. The summed E-state index contributed by atoms with van der Waals surface area (Å²) >= 11 is 7.06. The third-order valence-electron chi connectivity index (χ3n) is 4.43. The lowest BCUT2D eigenvalue weighted by Crippen LogP contribution is -2.55. The van der Waals surface area contributed by atoms with E-state index in [-0.39, 0.29) is 33.9 Å². The molecule has 0 radical (unpaired) electrons. The summed E-state index contributed by atoms with van der Waals surface area (Å²) in [4.78, 5) is 36.9. The van der Waals surface area contributed by atoms with E-state index < -0.39 is 5.97 Å². The first-order chi connectivity index (χ1) is 13.4. The first-order valence-electron chi connectivity index (χ1n) is 8.97. The third-order valence-corrected chi connectivity index (χ3v) is 5.84. The lowest BCUT2D eigenvalue weighted by atomic mass is 10.0. The van der Waals surface area contributed by atoms with Crippen LogP contribution >= 0.6 is 22.9 Å². The number of H-pyrrole nitrogens is 1. The number of aryl methyl sites for hydroxylation is 1. The number of hydrogen-bond donors (Lipinski definition) is 3. The van der Waals surface area contributed by atoms with Crippen LogP contribution in [0.2, 0.25) is 5.15 Å². The fourth-order valence-electron chi connectivity index (χ4n) is 2.99. The zero-order valence-electron chi connectivity index (χ0n) is 15.6. The topological polar surface area (TPSA) is 120 Å². The molecular formula is C17H22ClN5O4S. The van der Waals surface area contributed by atoms with Gasteiger partial charge in [-0.2, -0.15) is 0 Å². The van der Waals surface area contributed by atoms with Crippen molar-refractivity contribution in [3.05, 3.63) is 27.7 Å². The van der Waals surface area contributed by atoms with Crippen LogP contribution in [-0.2, 0) is 4.74 Å². The second kappa shape index (κ2) is 8.89. The predicted molar refractivity (Wildman–Crippen MR) is 106 cm³/mol. The molecule has 0 bridgehead atoms. The molecule has 1 fully saturated rings. The van der Waals surface area contributed by atoms with Crippen LogP contribution in [0.15, 0.2) is 6.20 Å². The Hall–Kier alpha value is -2.17. The van der Waals surface area contributed by atoms with Crippen molar-refractivity contribution in [3.63, 3.8) is 0 Å². The normalized spacial score (nSPS) is 19.6. The number of ether oxygens (including phenoxy) is 1. The van der Waals surface area contributed by atoms with Crippen LogP contribution < -0.4 is 10.2 Å². The number of imidazole rings is 1. The molecular weight excluding hydrogens is 406 g/mol. The molecule has 2 aromatic rings. The van der Waals surface area contributed by atoms with E-state index in [4.69, 9.17) is 21.4 Å². The zero-order chi connectivity index (χ0) is 20.3. The Morgan fingerprint density at radius 1 is 1.54 bits per heavy atom. The molecule has 3 heterocycles. The molecule has 11 heteroatoms. The van der Waals surface area contributed by atoms with Gasteiger partial charge in [0.2, 0.25) is 0 Å². The van der Waals surface area contributed by atoms with E-state index in [0.717, 1.165) is 17.8 Å². The highest BCUT2D eigenvalue weighted by molar-refractivity contribution is 7.17. The van der Waals surface area contributed by atoms with Crippen LogP contribution in [-0.4, -0.2) is 63.8 Å². The minimum absolute atomic E-state index is 0.171. The Morgan fingerprint density at radius 3 is 2.93 bits per heavy atom. The molecule has 28 heavy (non-hydrogen) atoms. The fourth-order valence-corrected chi connectivity index (χ4v) is 3.91. The average Bonchev–Trinajstić information content (AvgIpc) is 3.28. The number of amides is 1. The molecule has 0 aliphatic carbocycles. The number of carboxylic acid groups (broad SMARTS) is 1. The SMILES string of the molecule is CCCO[C@@H]1CN(c2ncc(C(=O)O)s2)CC[C@@H]1NC(=O)c1nc(Cl)c(C)[nH]1. The van der Waals surface area contributed by atoms with Gasteiger partial charge in [-0.25, -0.2) is 14.8 Å². The lowest BCUT2D eigenvalue weighted by Gasteiger charge is -2.38. The van der Waals surface area contributed by atoms with Crippen molar-refractivity contribution in [1.29, 1.82) is 0 Å². The number of carboxylic acids is 1. The van der Waals surface area contributed by atoms with Gasteiger partial charge in [0, 0.05) is 19.7 Å². The Kier molecular flexibility index (Phi) is 6.53. The van der Waals surface area contributed by atoms with Gasteiger partial charge in [-0.1, -0.05) is 29.9 Å². The highest BCUT2D eigenvalue weighted by Crippen LogP contribution is 2.27. The molecule has 1 amide bonds. The maximum atomic E-state index is 12.5. The monoisotopic (exact) mass is 427 g/mol. The summed E-state index contributed by atoms with van der Waals surface area (Å²) in [7, 11) is 0. The van der Waals surface area contributed by atoms with Crippen molar-refractivity contribution in [2.75, 3.05) is 24.6 Å². The van der Waals surface area contributed by atoms with E-state index in [1.54, 1.807) is 6.92 Å². The van der Waals surface area contributed by atoms with Gasteiger partial charge in [0.15, 0.2) is 16.1 Å². The van der Waals surface area contributed by atoms with E-state index in [9.17, 15) is 9.59 Å². The molecule has 152 valence electrons. The Bertz CT molecular complexity index is 835. The number of carbonyl (C=O) groups excluding carboxylic acids is 1. The van der Waals surface area contributed by atoms with E-state index in [1.807, 2.05) is 11.8 Å². The number of aromatic nitrogens is 3. The van der Waals surface area contributed by atoms with Crippen molar-refractivity contribution in [3.8, 4) is 0 Å². The highest BCUT2D eigenvalue weighted by atomic mass is 35.5. The van der Waals surface area contributed by atoms with Gasteiger partial charge in [-0.3, -0.25) is 4.79 Å². The maximum absolute atomic E-state index is 12.5. The minimum atomic E-state index is -0.989. The molecule has 3 N–H and O–H groups in total. The number of piperidine rings is 1. The molecule has 0 saturated carbocycles. The summed E-state index contributed by atoms with van der Waals surface area (Å²) in [5.41, 5.74) is 0.637. The third kappa shape index (κ3) is 4.62. The summed E-state index contributed by atoms with van der Waals surface area (Å²) < 4.78 is 5.96. The predicted octanol–water partition coefficient (Wildman–Crippen LogP) is 2.33. The van der Waals surface area contributed by atoms with Crippen molar-refractivity contribution >= 4 is 39.9 Å². The summed E-state index contributed by atoms with van der Waals surface area (Å²) in [6.07, 6.45) is 2.60. The molecule has 9 nitrogen and oxygen atoms in total. The van der Waals surface area contributed by atoms with Gasteiger partial charge in [0.25, 0.3) is 5.91 Å². The average molecular weight is 428 g/mol. The Balaban J connectivity index is 1.69. The number of rotatable bonds is 7. The number of carbonyl (C=O) groups is 2. The summed E-state index contributed by atoms with van der Waals surface area (Å²) in [6.45, 7) is 5.46. The maximum Gasteiger partial charge on any atom is 0.347 e. The summed E-state index contributed by atoms with van der Waals surface area (Å²) in [5.74, 6) is -1.15. The molecule has 0 aromatic carbocycles. The second-order valence-corrected chi connectivity index (χ2v) is 7.90. The second-order valence-electron chi connectivity index (χ2n) is 6.54. The van der Waals surface area contributed by atoms with Gasteiger partial charge < -0.3 is 25.0 Å². The highest BCUT2D eigenvalue weighted by Gasteiger charge is 2.33. The van der Waals surface area contributed by atoms with Gasteiger partial charge in [-0.15, -0.1) is 0 Å². The van der Waals surface area contributed by atoms with Crippen LogP contribution in [0.25, 0.3) is 0 Å². The summed E-state index contributed by atoms with van der Waals surface area (Å²) in [6, 6.07) is -0.196. The Labute approximate surface area is 171 Å². The van der Waals surface area contributed by atoms with Gasteiger partial charge in [0.05, 0.1) is 24.0 Å². The number of aromatic carboxylic acids is 1. The minimum Gasteiger partial charge on any atom is -0.477 e. The standard InChI is InChI=1S/C17H22ClN5O4S/c1-3-6-27-11-8-23(17-19-7-12(28-17)16(25)26)5-4-10(11)21-15(24)14-20-9(2)13(18)22-14/h7,10-11H,3-6,8H2,1-2H3,(H,20,22)(H,21,24)(H,25,26)/t10-,11+/m0/s1. The van der Waals surface area contributed by atoms with E-state index in [2.05, 4.69) is 20.3 Å². The molecule has 1 saturated heterocycles. The number of anilines is 1. The molecule has 0 unspecified atom stereocenters. The number of aromatic amines is 1. The van der Waals surface area contributed by atoms with Gasteiger partial charge in [-0.05, 0) is 19.8 Å². The Morgan fingerprint density at radius 2 is 2.32 bits per heavy atom. The molecule has 2 aromatic heterocycles. The van der Waals surface area contributed by atoms with Crippen LogP contribution in [0.5, 0.6) is 0 Å². The largest absolute Gasteiger partial charge is 0.477 e. The molecule has 3 rings (SSSR count). The van der Waals surface area contributed by atoms with Gasteiger partial charge in [0.1, 0.15) is 4.88 Å². The van der Waals surface area contributed by atoms with Crippen LogP contribution in [0.4, 0.5) is 5.13 Å². The van der Waals surface area contributed by atoms with Crippen LogP contribution in [0.1, 0.15) is 45.7 Å². The number of thiazole rings is 1. The van der Waals surface area contributed by atoms with Crippen LogP contribution in [0, 0.1) is 6.92 Å². The zero-order valence-corrected chi connectivity index (χ0v) is 17.1. The quantitative estimate of drug-likeness (QED) is 0.620. The van der Waals surface area contributed by atoms with Gasteiger partial charge >= 0.3 is 5.97 Å². The summed E-state index contributed by atoms with van der Waals surface area (Å²) in [5, 5.41) is 13.0. The molecule has 1 aliphatic rings. The van der Waals surface area contributed by atoms with Crippen LogP contribution in [0.3, 0.4) is 0 Å². The van der Waals surface area contributed by atoms with E-state index in [0.29, 0.717) is 36.9 Å². The van der Waals surface area contributed by atoms with Crippen molar-refractivity contribution in [2.24, 2.45) is 0 Å². The fraction of sp³-hybridized carbons (Fsp3) is 0.529. The smallest absolute Gasteiger partial charge is 0.347 e. The van der Waals surface area contributed by atoms with E-state index >= 15 is 0 Å². The number of halogens is 1. The first kappa shape index (κ1) is 20.6. The number of nitrogens with one attached hydrogen (secondary N) is 2.